The minimum absolute atomic E-state index is 0.0970. The van der Waals surface area contributed by atoms with E-state index in [0.29, 0.717) is 43.4 Å². The summed E-state index contributed by atoms with van der Waals surface area (Å²) >= 11 is 0. The lowest BCUT2D eigenvalue weighted by atomic mass is 10.0. The molecule has 4 rings (SSSR count). The number of carbonyl (C=O) groups is 1. The summed E-state index contributed by atoms with van der Waals surface area (Å²) in [6.07, 6.45) is 0. The van der Waals surface area contributed by atoms with Crippen molar-refractivity contribution in [3.63, 3.8) is 0 Å². The van der Waals surface area contributed by atoms with Crippen molar-refractivity contribution in [2.24, 2.45) is 0 Å². The van der Waals surface area contributed by atoms with Crippen LogP contribution in [0.4, 0.5) is 10.1 Å². The zero-order valence-corrected chi connectivity index (χ0v) is 14.7. The highest BCUT2D eigenvalue weighted by molar-refractivity contribution is 5.86. The molecule has 0 N–H and O–H groups in total. The number of halogens is 1. The Hall–Kier alpha value is -2.76. The van der Waals surface area contributed by atoms with Crippen LogP contribution in [0, 0.1) is 5.82 Å². The molecule has 0 aromatic heterocycles. The standard InChI is InChI=1S/C20H21FN2O3/c1-20(14-25-17-8-4-5-9-18(17)26-20)19(24)23-12-10-22(11-13-23)16-7-3-2-6-15(16)21/h2-9H,10-14H2,1H3. The van der Waals surface area contributed by atoms with Gasteiger partial charge in [0.25, 0.3) is 5.91 Å². The van der Waals surface area contributed by atoms with Gasteiger partial charge in [0, 0.05) is 26.2 Å². The van der Waals surface area contributed by atoms with Crippen molar-refractivity contribution in [3.05, 3.63) is 54.3 Å². The Labute approximate surface area is 151 Å². The molecule has 1 amide bonds. The van der Waals surface area contributed by atoms with E-state index in [1.165, 1.54) is 6.07 Å². The maximum Gasteiger partial charge on any atom is 0.270 e. The van der Waals surface area contributed by atoms with Crippen LogP contribution in [0.2, 0.25) is 0 Å². The summed E-state index contributed by atoms with van der Waals surface area (Å²) in [5.74, 6) is 0.904. The molecule has 2 aromatic carbocycles. The first-order valence-electron chi connectivity index (χ1n) is 8.76. The lowest BCUT2D eigenvalue weighted by Gasteiger charge is -2.41. The van der Waals surface area contributed by atoms with Crippen molar-refractivity contribution in [1.29, 1.82) is 0 Å². The van der Waals surface area contributed by atoms with Gasteiger partial charge < -0.3 is 19.3 Å². The van der Waals surface area contributed by atoms with E-state index in [2.05, 4.69) is 0 Å². The summed E-state index contributed by atoms with van der Waals surface area (Å²) in [5, 5.41) is 0. The van der Waals surface area contributed by atoms with Crippen LogP contribution in [0.15, 0.2) is 48.5 Å². The van der Waals surface area contributed by atoms with Crippen LogP contribution < -0.4 is 14.4 Å². The van der Waals surface area contributed by atoms with Crippen molar-refractivity contribution in [2.45, 2.75) is 12.5 Å². The highest BCUT2D eigenvalue weighted by Gasteiger charge is 2.43. The van der Waals surface area contributed by atoms with Gasteiger partial charge in [0.2, 0.25) is 5.60 Å². The van der Waals surface area contributed by atoms with Gasteiger partial charge >= 0.3 is 0 Å². The minimum Gasteiger partial charge on any atom is -0.485 e. The molecule has 1 unspecified atom stereocenters. The summed E-state index contributed by atoms with van der Waals surface area (Å²) in [4.78, 5) is 16.8. The van der Waals surface area contributed by atoms with Gasteiger partial charge in [-0.25, -0.2) is 4.39 Å². The van der Waals surface area contributed by atoms with Gasteiger partial charge in [-0.05, 0) is 31.2 Å². The number of piperazine rings is 1. The Bertz CT molecular complexity index is 820. The van der Waals surface area contributed by atoms with Gasteiger partial charge in [-0.2, -0.15) is 0 Å². The molecular weight excluding hydrogens is 335 g/mol. The summed E-state index contributed by atoms with van der Waals surface area (Å²) < 4.78 is 25.7. The van der Waals surface area contributed by atoms with E-state index in [4.69, 9.17) is 9.47 Å². The molecule has 0 spiro atoms. The zero-order valence-electron chi connectivity index (χ0n) is 14.7. The number of carbonyl (C=O) groups excluding carboxylic acids is 1. The molecule has 5 nitrogen and oxygen atoms in total. The number of fused-ring (bicyclic) bond motifs is 1. The molecule has 2 aliphatic rings. The molecule has 0 bridgehead atoms. The average Bonchev–Trinajstić information content (AvgIpc) is 2.68. The first-order valence-corrected chi connectivity index (χ1v) is 8.76. The highest BCUT2D eigenvalue weighted by atomic mass is 19.1. The maximum absolute atomic E-state index is 14.0. The van der Waals surface area contributed by atoms with Crippen LogP contribution >= 0.6 is 0 Å². The molecule has 1 fully saturated rings. The van der Waals surface area contributed by atoms with Gasteiger partial charge in [-0.1, -0.05) is 24.3 Å². The third kappa shape index (κ3) is 2.96. The summed E-state index contributed by atoms with van der Waals surface area (Å²) in [6, 6.07) is 14.1. The van der Waals surface area contributed by atoms with E-state index in [-0.39, 0.29) is 18.3 Å². The molecule has 0 aliphatic carbocycles. The Morgan fingerprint density at radius 1 is 1.00 bits per heavy atom. The molecule has 26 heavy (non-hydrogen) atoms. The molecule has 0 saturated carbocycles. The number of anilines is 1. The second kappa shape index (κ2) is 6.52. The predicted molar refractivity (Wildman–Crippen MR) is 96.2 cm³/mol. The Morgan fingerprint density at radius 2 is 1.65 bits per heavy atom. The van der Waals surface area contributed by atoms with Gasteiger partial charge in [-0.15, -0.1) is 0 Å². The number of rotatable bonds is 2. The second-order valence-electron chi connectivity index (χ2n) is 6.80. The van der Waals surface area contributed by atoms with Crippen LogP contribution in [0.1, 0.15) is 6.92 Å². The zero-order chi connectivity index (χ0) is 18.1. The van der Waals surface area contributed by atoms with E-state index in [1.54, 1.807) is 30.0 Å². The smallest absolute Gasteiger partial charge is 0.270 e. The molecule has 2 aromatic rings. The fraction of sp³-hybridized carbons (Fsp3) is 0.350. The average molecular weight is 356 g/mol. The first kappa shape index (κ1) is 16.7. The van der Waals surface area contributed by atoms with Crippen LogP contribution in [0.5, 0.6) is 11.5 Å². The lowest BCUT2D eigenvalue weighted by Crippen LogP contribution is -2.59. The summed E-state index contributed by atoms with van der Waals surface area (Å²) in [5.41, 5.74) is -0.467. The largest absolute Gasteiger partial charge is 0.485 e. The summed E-state index contributed by atoms with van der Waals surface area (Å²) in [6.45, 7) is 4.15. The Kier molecular flexibility index (Phi) is 4.18. The van der Waals surface area contributed by atoms with Crippen LogP contribution in [-0.2, 0) is 4.79 Å². The highest BCUT2D eigenvalue weighted by Crippen LogP contribution is 2.35. The third-order valence-corrected chi connectivity index (χ3v) is 4.90. The molecule has 0 radical (unpaired) electrons. The molecule has 1 atom stereocenters. The molecule has 136 valence electrons. The van der Waals surface area contributed by atoms with Crippen LogP contribution in [0.25, 0.3) is 0 Å². The lowest BCUT2D eigenvalue weighted by molar-refractivity contribution is -0.151. The number of hydrogen-bond donors (Lipinski definition) is 0. The normalized spacial score (nSPS) is 22.2. The van der Waals surface area contributed by atoms with Crippen molar-refractivity contribution >= 4 is 11.6 Å². The minimum atomic E-state index is -1.05. The SMILES string of the molecule is CC1(C(=O)N2CCN(c3ccccc3F)CC2)COc2ccccc2O1. The number of hydrogen-bond acceptors (Lipinski definition) is 4. The number of ether oxygens (including phenoxy) is 2. The summed E-state index contributed by atoms with van der Waals surface area (Å²) in [7, 11) is 0. The van der Waals surface area contributed by atoms with Crippen molar-refractivity contribution < 1.29 is 18.7 Å². The number of benzene rings is 2. The monoisotopic (exact) mass is 356 g/mol. The number of para-hydroxylation sites is 3. The van der Waals surface area contributed by atoms with E-state index in [0.717, 1.165) is 0 Å². The van der Waals surface area contributed by atoms with E-state index >= 15 is 0 Å². The molecule has 2 heterocycles. The predicted octanol–water partition coefficient (Wildman–Crippen LogP) is 2.70. The van der Waals surface area contributed by atoms with Crippen LogP contribution in [-0.4, -0.2) is 49.2 Å². The number of amides is 1. The van der Waals surface area contributed by atoms with Crippen molar-refractivity contribution in [2.75, 3.05) is 37.7 Å². The molecule has 1 saturated heterocycles. The van der Waals surface area contributed by atoms with E-state index < -0.39 is 5.60 Å². The molecule has 2 aliphatic heterocycles. The van der Waals surface area contributed by atoms with Gasteiger partial charge in [-0.3, -0.25) is 4.79 Å². The van der Waals surface area contributed by atoms with E-state index in [9.17, 15) is 9.18 Å². The fourth-order valence-corrected chi connectivity index (χ4v) is 3.44. The Balaban J connectivity index is 1.43. The quantitative estimate of drug-likeness (QED) is 0.830. The maximum atomic E-state index is 14.0. The van der Waals surface area contributed by atoms with E-state index in [1.807, 2.05) is 29.2 Å². The molecular formula is C20H21FN2O3. The Morgan fingerprint density at radius 3 is 2.38 bits per heavy atom. The van der Waals surface area contributed by atoms with Gasteiger partial charge in [0.1, 0.15) is 12.4 Å². The van der Waals surface area contributed by atoms with Crippen molar-refractivity contribution in [3.8, 4) is 11.5 Å². The van der Waals surface area contributed by atoms with Gasteiger partial charge in [0.15, 0.2) is 11.5 Å². The second-order valence-corrected chi connectivity index (χ2v) is 6.80. The van der Waals surface area contributed by atoms with Gasteiger partial charge in [0.05, 0.1) is 5.69 Å². The third-order valence-electron chi connectivity index (χ3n) is 4.90. The first-order chi connectivity index (χ1) is 12.6. The topological polar surface area (TPSA) is 42.0 Å². The molecule has 6 heteroatoms. The fourth-order valence-electron chi connectivity index (χ4n) is 3.44. The van der Waals surface area contributed by atoms with Crippen molar-refractivity contribution in [1.82, 2.24) is 4.90 Å². The van der Waals surface area contributed by atoms with Crippen LogP contribution in [0.3, 0.4) is 0 Å². The number of nitrogens with zero attached hydrogens (tertiary/aromatic N) is 2.